The Hall–Kier alpha value is -2.90. The Morgan fingerprint density at radius 1 is 1.18 bits per heavy atom. The Balaban J connectivity index is 1.23. The van der Waals surface area contributed by atoms with Crippen LogP contribution in [-0.4, -0.2) is 70.3 Å². The van der Waals surface area contributed by atoms with Gasteiger partial charge in [0.1, 0.15) is 16.3 Å². The summed E-state index contributed by atoms with van der Waals surface area (Å²) < 4.78 is 42.1. The summed E-state index contributed by atoms with van der Waals surface area (Å²) in [6.45, 7) is 2.47. The molecule has 2 atom stereocenters. The fraction of sp³-hybridized carbons (Fsp3) is 0.462. The van der Waals surface area contributed by atoms with Gasteiger partial charge in [0.25, 0.3) is 5.91 Å². The van der Waals surface area contributed by atoms with Crippen LogP contribution >= 0.6 is 23.1 Å². The van der Waals surface area contributed by atoms with E-state index < -0.39 is 11.7 Å². The summed E-state index contributed by atoms with van der Waals surface area (Å²) in [4.78, 5) is 31.3. The maximum Gasteiger partial charge on any atom is 0.420 e. The van der Waals surface area contributed by atoms with Gasteiger partial charge in [0.05, 0.1) is 22.5 Å². The molecular weight excluding hydrogens is 547 g/mol. The average Bonchev–Trinajstić information content (AvgIpc) is 3.36. The average molecular weight is 574 g/mol. The van der Waals surface area contributed by atoms with Gasteiger partial charge in [0, 0.05) is 55.6 Å². The first-order valence-corrected chi connectivity index (χ1v) is 14.8. The topological polar surface area (TPSA) is 86.3 Å². The van der Waals surface area contributed by atoms with E-state index in [4.69, 9.17) is 4.98 Å². The van der Waals surface area contributed by atoms with Crippen LogP contribution in [0.15, 0.2) is 29.4 Å². The fourth-order valence-electron chi connectivity index (χ4n) is 5.57. The number of rotatable bonds is 5. The van der Waals surface area contributed by atoms with Crippen molar-refractivity contribution in [2.45, 2.75) is 48.3 Å². The van der Waals surface area contributed by atoms with Gasteiger partial charge >= 0.3 is 6.18 Å². The molecule has 0 unspecified atom stereocenters. The van der Waals surface area contributed by atoms with Gasteiger partial charge in [0.15, 0.2) is 0 Å². The summed E-state index contributed by atoms with van der Waals surface area (Å²) >= 11 is 2.52. The van der Waals surface area contributed by atoms with Crippen LogP contribution in [-0.2, 0) is 6.18 Å². The molecule has 3 aliphatic heterocycles. The van der Waals surface area contributed by atoms with Crippen LogP contribution in [0.1, 0.15) is 46.0 Å². The molecule has 2 saturated heterocycles. The Morgan fingerprint density at radius 3 is 2.74 bits per heavy atom. The largest absolute Gasteiger partial charge is 0.420 e. The number of nitrogens with zero attached hydrogens (tertiary/aromatic N) is 5. The molecular formula is C26H26F3N7OS2. The van der Waals surface area contributed by atoms with Gasteiger partial charge in [-0.05, 0) is 42.9 Å². The normalized spacial score (nSPS) is 22.8. The second-order valence-electron chi connectivity index (χ2n) is 10.5. The first-order valence-electron chi connectivity index (χ1n) is 13.0. The summed E-state index contributed by atoms with van der Waals surface area (Å²) in [5, 5.41) is 6.67. The standard InChI is InChI=1S/C26H26F3N7OS2/c1-35-4-5-38-20-8-19(39-23(20)24(35)37)22-17(26(27,28)29)10-32-25(34-22)33-18-11-31-21(7-16(18)13-2-3-13)36-12-14-6-15(36)9-30-14/h7-8,10-11,13-15,30H,2-6,9,12H2,1H3,(H,32,33,34)/t14-,15-/m1/s1. The quantitative estimate of drug-likeness (QED) is 0.443. The smallest absolute Gasteiger partial charge is 0.351 e. The van der Waals surface area contributed by atoms with E-state index in [0.717, 1.165) is 61.3 Å². The first kappa shape index (κ1) is 25.1. The lowest BCUT2D eigenvalue weighted by molar-refractivity contribution is -0.137. The third kappa shape index (κ3) is 4.63. The summed E-state index contributed by atoms with van der Waals surface area (Å²) in [5.41, 5.74) is 0.647. The van der Waals surface area contributed by atoms with E-state index in [0.29, 0.717) is 50.6 Å². The predicted molar refractivity (Wildman–Crippen MR) is 145 cm³/mol. The van der Waals surface area contributed by atoms with Crippen molar-refractivity contribution in [3.63, 3.8) is 0 Å². The molecule has 1 saturated carbocycles. The zero-order chi connectivity index (χ0) is 26.9. The number of hydrogen-bond acceptors (Lipinski definition) is 9. The number of aromatic nitrogens is 3. The fourth-order valence-corrected chi connectivity index (χ4v) is 8.00. The van der Waals surface area contributed by atoms with E-state index in [1.54, 1.807) is 24.2 Å². The minimum Gasteiger partial charge on any atom is -0.351 e. The van der Waals surface area contributed by atoms with Gasteiger partial charge in [0.2, 0.25) is 5.95 Å². The number of thiophene rings is 1. The Labute approximate surface area is 231 Å². The lowest BCUT2D eigenvalue weighted by Crippen LogP contribution is -2.44. The van der Waals surface area contributed by atoms with Crippen LogP contribution in [0.3, 0.4) is 0 Å². The third-order valence-corrected chi connectivity index (χ3v) is 10.1. The number of anilines is 3. The third-order valence-electron chi connectivity index (χ3n) is 7.79. The van der Waals surface area contributed by atoms with E-state index in [-0.39, 0.29) is 17.5 Å². The molecule has 1 aliphatic carbocycles. The molecule has 13 heteroatoms. The van der Waals surface area contributed by atoms with E-state index >= 15 is 0 Å². The van der Waals surface area contributed by atoms with Crippen LogP contribution in [0.4, 0.5) is 30.6 Å². The second-order valence-corrected chi connectivity index (χ2v) is 12.7. The zero-order valence-corrected chi connectivity index (χ0v) is 22.7. The van der Waals surface area contributed by atoms with Crippen LogP contribution in [0.2, 0.25) is 0 Å². The molecule has 0 radical (unpaired) electrons. The van der Waals surface area contributed by atoms with Crippen molar-refractivity contribution in [2.75, 3.05) is 42.7 Å². The van der Waals surface area contributed by atoms with E-state index in [1.165, 1.54) is 11.8 Å². The molecule has 3 fully saturated rings. The molecule has 4 aliphatic rings. The summed E-state index contributed by atoms with van der Waals surface area (Å²) in [6.07, 6.45) is 1.17. The van der Waals surface area contributed by atoms with Crippen LogP contribution in [0.25, 0.3) is 10.6 Å². The summed E-state index contributed by atoms with van der Waals surface area (Å²) in [5.74, 6) is 1.89. The van der Waals surface area contributed by atoms with Gasteiger partial charge in [-0.15, -0.1) is 23.1 Å². The second kappa shape index (κ2) is 9.34. The first-order chi connectivity index (χ1) is 18.7. The molecule has 6 heterocycles. The molecule has 2 bridgehead atoms. The molecule has 7 rings (SSSR count). The molecule has 39 heavy (non-hydrogen) atoms. The Morgan fingerprint density at radius 2 is 2.03 bits per heavy atom. The molecule has 0 spiro atoms. The molecule has 2 N–H and O–H groups in total. The number of nitrogens with one attached hydrogen (secondary N) is 2. The highest BCUT2D eigenvalue weighted by Crippen LogP contribution is 2.46. The molecule has 3 aromatic heterocycles. The van der Waals surface area contributed by atoms with Crippen molar-refractivity contribution in [2.24, 2.45) is 0 Å². The number of carbonyl (C=O) groups excluding carboxylic acids is 1. The molecule has 8 nitrogen and oxygen atoms in total. The minimum absolute atomic E-state index is 0.0681. The Kier molecular flexibility index (Phi) is 6.01. The number of halogens is 3. The van der Waals surface area contributed by atoms with Crippen LogP contribution < -0.4 is 15.5 Å². The summed E-state index contributed by atoms with van der Waals surface area (Å²) in [6, 6.07) is 4.70. The molecule has 3 aromatic rings. The van der Waals surface area contributed by atoms with Crippen LogP contribution in [0.5, 0.6) is 0 Å². The highest BCUT2D eigenvalue weighted by Gasteiger charge is 2.39. The lowest BCUT2D eigenvalue weighted by atomic mass is 10.1. The highest BCUT2D eigenvalue weighted by molar-refractivity contribution is 7.99. The Bertz CT molecular complexity index is 1460. The number of hydrogen-bond donors (Lipinski definition) is 2. The van der Waals surface area contributed by atoms with Crippen molar-refractivity contribution >= 4 is 46.5 Å². The van der Waals surface area contributed by atoms with Gasteiger partial charge in [-0.2, -0.15) is 13.2 Å². The number of piperazine rings is 1. The highest BCUT2D eigenvalue weighted by atomic mass is 32.2. The number of thioether (sulfide) groups is 1. The predicted octanol–water partition coefficient (Wildman–Crippen LogP) is 4.97. The molecule has 1 amide bonds. The van der Waals surface area contributed by atoms with Gasteiger partial charge in [-0.1, -0.05) is 0 Å². The monoisotopic (exact) mass is 573 g/mol. The zero-order valence-electron chi connectivity index (χ0n) is 21.1. The van der Waals surface area contributed by atoms with E-state index in [9.17, 15) is 18.0 Å². The van der Waals surface area contributed by atoms with Crippen molar-refractivity contribution in [3.05, 3.63) is 40.5 Å². The van der Waals surface area contributed by atoms with Crippen LogP contribution in [0, 0.1) is 0 Å². The van der Waals surface area contributed by atoms with Crippen molar-refractivity contribution < 1.29 is 18.0 Å². The maximum absolute atomic E-state index is 14.0. The van der Waals surface area contributed by atoms with Gasteiger partial charge in [-0.25, -0.2) is 15.0 Å². The summed E-state index contributed by atoms with van der Waals surface area (Å²) in [7, 11) is 1.70. The van der Waals surface area contributed by atoms with E-state index in [2.05, 4.69) is 31.6 Å². The number of carbonyl (C=O) groups is 1. The van der Waals surface area contributed by atoms with E-state index in [1.807, 2.05) is 0 Å². The minimum atomic E-state index is -4.64. The van der Waals surface area contributed by atoms with Crippen molar-refractivity contribution in [3.8, 4) is 10.6 Å². The number of fused-ring (bicyclic) bond motifs is 3. The van der Waals surface area contributed by atoms with Gasteiger partial charge < -0.3 is 20.4 Å². The number of alkyl halides is 3. The van der Waals surface area contributed by atoms with Crippen molar-refractivity contribution in [1.82, 2.24) is 25.2 Å². The maximum atomic E-state index is 14.0. The van der Waals surface area contributed by atoms with Gasteiger partial charge in [-0.3, -0.25) is 4.79 Å². The number of amides is 1. The molecule has 0 aromatic carbocycles. The van der Waals surface area contributed by atoms with Crippen molar-refractivity contribution in [1.29, 1.82) is 0 Å². The number of pyridine rings is 1. The lowest BCUT2D eigenvalue weighted by Gasteiger charge is -2.29. The SMILES string of the molecule is CN1CCSc2cc(-c3nc(Nc4cnc(N5C[C@H]6C[C@@H]5CN6)cc4C4CC4)ncc3C(F)(F)F)sc2C1=O. The molecule has 204 valence electrons.